The fourth-order valence-corrected chi connectivity index (χ4v) is 3.00. The summed E-state index contributed by atoms with van der Waals surface area (Å²) in [5.74, 6) is 0.657. The Labute approximate surface area is 122 Å². The first kappa shape index (κ1) is 13.6. The van der Waals surface area contributed by atoms with Crippen molar-refractivity contribution < 1.29 is 0 Å². The van der Waals surface area contributed by atoms with Gasteiger partial charge in [-0.1, -0.05) is 39.3 Å². The molecule has 2 rings (SSSR count). The Hall–Kier alpha value is -0.780. The zero-order valence-corrected chi connectivity index (χ0v) is 12.7. The van der Waals surface area contributed by atoms with Crippen LogP contribution >= 0.6 is 39.3 Å². The Bertz CT molecular complexity index is 630. The molecule has 0 radical (unpaired) electrons. The highest BCUT2D eigenvalue weighted by Crippen LogP contribution is 2.26. The lowest BCUT2D eigenvalue weighted by molar-refractivity contribution is 0.905. The predicted octanol–water partition coefficient (Wildman–Crippen LogP) is 3.79. The topological polar surface area (TPSA) is 45.8 Å². The van der Waals surface area contributed by atoms with Crippen LogP contribution in [0.25, 0.3) is 0 Å². The van der Waals surface area contributed by atoms with E-state index in [0.717, 1.165) is 10.0 Å². The lowest BCUT2D eigenvalue weighted by Crippen LogP contribution is -2.08. The third-order valence-electron chi connectivity index (χ3n) is 2.22. The van der Waals surface area contributed by atoms with Crippen LogP contribution in [0.1, 0.15) is 11.3 Å². The molecule has 0 fully saturated rings. The summed E-state index contributed by atoms with van der Waals surface area (Å²) in [6, 6.07) is 7.16. The van der Waals surface area contributed by atoms with E-state index >= 15 is 0 Å². The zero-order chi connectivity index (χ0) is 13.1. The van der Waals surface area contributed by atoms with E-state index in [1.807, 2.05) is 18.2 Å². The van der Waals surface area contributed by atoms with Crippen molar-refractivity contribution in [3.63, 3.8) is 0 Å². The number of aromatic amines is 1. The summed E-state index contributed by atoms with van der Waals surface area (Å²) >= 11 is 11.0. The molecule has 0 unspecified atom stereocenters. The molecule has 0 amide bonds. The van der Waals surface area contributed by atoms with Gasteiger partial charge in [-0.05, 0) is 30.7 Å². The lowest BCUT2D eigenvalue weighted by atomic mass is 10.2. The Morgan fingerprint density at radius 2 is 2.22 bits per heavy atom. The van der Waals surface area contributed by atoms with Crippen LogP contribution in [0.4, 0.5) is 0 Å². The van der Waals surface area contributed by atoms with Gasteiger partial charge >= 0.3 is 0 Å². The average molecular weight is 346 g/mol. The molecular weight excluding hydrogens is 336 g/mol. The Balaban J connectivity index is 2.16. The third kappa shape index (κ3) is 3.60. The summed E-state index contributed by atoms with van der Waals surface area (Å²) in [4.78, 5) is 18.2. The molecule has 3 nitrogen and oxygen atoms in total. The fraction of sp³-hybridized carbons (Fsp3) is 0.167. The Kier molecular flexibility index (Phi) is 4.48. The van der Waals surface area contributed by atoms with Crippen LogP contribution in [0.5, 0.6) is 0 Å². The van der Waals surface area contributed by atoms with Crippen molar-refractivity contribution in [2.24, 2.45) is 0 Å². The number of benzene rings is 1. The van der Waals surface area contributed by atoms with Gasteiger partial charge in [0.25, 0.3) is 5.56 Å². The van der Waals surface area contributed by atoms with Crippen LogP contribution in [0.15, 0.2) is 38.7 Å². The monoisotopic (exact) mass is 344 g/mol. The lowest BCUT2D eigenvalue weighted by Gasteiger charge is -2.05. The minimum absolute atomic E-state index is 0.134. The van der Waals surface area contributed by atoms with Gasteiger partial charge in [-0.15, -0.1) is 0 Å². The van der Waals surface area contributed by atoms with Crippen LogP contribution in [0, 0.1) is 6.92 Å². The number of H-pyrrole nitrogens is 1. The second-order valence-electron chi connectivity index (χ2n) is 3.72. The first-order valence-electron chi connectivity index (χ1n) is 5.19. The maximum absolute atomic E-state index is 11.3. The highest BCUT2D eigenvalue weighted by Gasteiger charge is 2.04. The molecule has 6 heteroatoms. The minimum Gasteiger partial charge on any atom is -0.301 e. The molecule has 94 valence electrons. The minimum atomic E-state index is -0.134. The Morgan fingerprint density at radius 3 is 2.94 bits per heavy atom. The highest BCUT2D eigenvalue weighted by atomic mass is 79.9. The van der Waals surface area contributed by atoms with E-state index in [1.54, 1.807) is 6.92 Å². The van der Waals surface area contributed by atoms with Crippen LogP contribution in [-0.2, 0) is 5.75 Å². The van der Waals surface area contributed by atoms with E-state index < -0.39 is 0 Å². The van der Waals surface area contributed by atoms with Crippen LogP contribution in [0.3, 0.4) is 0 Å². The van der Waals surface area contributed by atoms with E-state index in [0.29, 0.717) is 21.6 Å². The van der Waals surface area contributed by atoms with E-state index in [4.69, 9.17) is 11.6 Å². The van der Waals surface area contributed by atoms with Crippen molar-refractivity contribution in [1.82, 2.24) is 9.97 Å². The molecule has 0 aliphatic rings. The first-order chi connectivity index (χ1) is 8.54. The SMILES string of the molecule is Cc1cc(=O)[nH]c(SCc2cc(Br)ccc2Cl)n1. The summed E-state index contributed by atoms with van der Waals surface area (Å²) in [5, 5.41) is 1.32. The van der Waals surface area contributed by atoms with Crippen molar-refractivity contribution in [2.75, 3.05) is 0 Å². The van der Waals surface area contributed by atoms with E-state index in [1.165, 1.54) is 17.8 Å². The summed E-state index contributed by atoms with van der Waals surface area (Å²) in [7, 11) is 0. The molecule has 18 heavy (non-hydrogen) atoms. The van der Waals surface area contributed by atoms with Gasteiger partial charge in [-0.25, -0.2) is 4.98 Å². The number of aromatic nitrogens is 2. The zero-order valence-electron chi connectivity index (χ0n) is 9.54. The van der Waals surface area contributed by atoms with E-state index in [9.17, 15) is 4.79 Å². The summed E-state index contributed by atoms with van der Waals surface area (Å²) < 4.78 is 0.980. The van der Waals surface area contributed by atoms with Gasteiger partial charge in [-0.3, -0.25) is 4.79 Å². The van der Waals surface area contributed by atoms with Crippen molar-refractivity contribution in [2.45, 2.75) is 17.8 Å². The second kappa shape index (κ2) is 5.91. The normalized spacial score (nSPS) is 10.6. The standard InChI is InChI=1S/C12H10BrClN2OS/c1-7-4-11(17)16-12(15-7)18-6-8-5-9(13)2-3-10(8)14/h2-5H,6H2,1H3,(H,15,16,17). The molecule has 1 N–H and O–H groups in total. The number of halogens is 2. The molecule has 0 aliphatic heterocycles. The van der Waals surface area contributed by atoms with Crippen molar-refractivity contribution in [3.05, 3.63) is 55.4 Å². The quantitative estimate of drug-likeness (QED) is 0.680. The molecule has 1 heterocycles. The van der Waals surface area contributed by atoms with Crippen LogP contribution in [0.2, 0.25) is 5.02 Å². The molecule has 1 aromatic carbocycles. The Morgan fingerprint density at radius 1 is 1.44 bits per heavy atom. The molecular formula is C12H10BrClN2OS. The number of aryl methyl sites for hydroxylation is 1. The fourth-order valence-electron chi connectivity index (χ4n) is 1.42. The summed E-state index contributed by atoms with van der Waals surface area (Å²) in [6.45, 7) is 1.80. The third-order valence-corrected chi connectivity index (χ3v) is 4.00. The van der Waals surface area contributed by atoms with Gasteiger partial charge in [0.05, 0.1) is 0 Å². The molecule has 0 saturated heterocycles. The van der Waals surface area contributed by atoms with Gasteiger partial charge in [0.1, 0.15) is 0 Å². The van der Waals surface area contributed by atoms with Gasteiger partial charge in [-0.2, -0.15) is 0 Å². The molecule has 0 spiro atoms. The number of hydrogen-bond acceptors (Lipinski definition) is 3. The van der Waals surface area contributed by atoms with Gasteiger partial charge in [0.2, 0.25) is 0 Å². The van der Waals surface area contributed by atoms with Crippen LogP contribution in [-0.4, -0.2) is 9.97 Å². The summed E-state index contributed by atoms with van der Waals surface area (Å²) in [6.07, 6.45) is 0. The number of nitrogens with zero attached hydrogens (tertiary/aromatic N) is 1. The van der Waals surface area contributed by atoms with E-state index in [2.05, 4.69) is 25.9 Å². The number of thioether (sulfide) groups is 1. The molecule has 0 bridgehead atoms. The predicted molar refractivity (Wildman–Crippen MR) is 78.3 cm³/mol. The van der Waals surface area contributed by atoms with Gasteiger partial charge in [0.15, 0.2) is 5.16 Å². The largest absolute Gasteiger partial charge is 0.301 e. The van der Waals surface area contributed by atoms with Gasteiger partial charge in [0, 0.05) is 27.0 Å². The number of nitrogens with one attached hydrogen (secondary N) is 1. The maximum atomic E-state index is 11.3. The number of hydrogen-bond donors (Lipinski definition) is 1. The van der Waals surface area contributed by atoms with Crippen molar-refractivity contribution in [3.8, 4) is 0 Å². The molecule has 0 atom stereocenters. The maximum Gasteiger partial charge on any atom is 0.251 e. The number of rotatable bonds is 3. The molecule has 1 aromatic heterocycles. The average Bonchev–Trinajstić information content (AvgIpc) is 2.29. The van der Waals surface area contributed by atoms with Crippen molar-refractivity contribution >= 4 is 39.3 Å². The molecule has 2 aromatic rings. The summed E-state index contributed by atoms with van der Waals surface area (Å²) in [5.41, 5.74) is 1.58. The molecule has 0 aliphatic carbocycles. The highest BCUT2D eigenvalue weighted by molar-refractivity contribution is 9.10. The van der Waals surface area contributed by atoms with Crippen LogP contribution < -0.4 is 5.56 Å². The second-order valence-corrected chi connectivity index (χ2v) is 6.00. The molecule has 0 saturated carbocycles. The van der Waals surface area contributed by atoms with Crippen molar-refractivity contribution in [1.29, 1.82) is 0 Å². The first-order valence-corrected chi connectivity index (χ1v) is 7.35. The van der Waals surface area contributed by atoms with Gasteiger partial charge < -0.3 is 4.98 Å². The smallest absolute Gasteiger partial charge is 0.251 e. The van der Waals surface area contributed by atoms with E-state index in [-0.39, 0.29) is 5.56 Å².